The van der Waals surface area contributed by atoms with E-state index < -0.39 is 11.7 Å². The van der Waals surface area contributed by atoms with Crippen LogP contribution >= 0.6 is 15.9 Å². The fourth-order valence-corrected chi connectivity index (χ4v) is 2.27. The third kappa shape index (κ3) is 3.92. The van der Waals surface area contributed by atoms with Crippen LogP contribution < -0.4 is 5.43 Å². The van der Waals surface area contributed by atoms with E-state index in [2.05, 4.69) is 31.4 Å². The van der Waals surface area contributed by atoms with Crippen molar-refractivity contribution in [2.45, 2.75) is 13.8 Å². The molecule has 1 aromatic heterocycles. The number of rotatable bonds is 4. The van der Waals surface area contributed by atoms with Crippen molar-refractivity contribution in [2.24, 2.45) is 11.0 Å². The molecule has 0 atom stereocenters. The molecule has 0 spiro atoms. The Kier molecular flexibility index (Phi) is 5.44. The number of hydrazone groups is 1. The first kappa shape index (κ1) is 17.1. The van der Waals surface area contributed by atoms with Gasteiger partial charge in [0.15, 0.2) is 0 Å². The predicted octanol–water partition coefficient (Wildman–Crippen LogP) is 3.48. The van der Waals surface area contributed by atoms with E-state index in [0.29, 0.717) is 10.0 Å². The molecule has 0 fully saturated rings. The molecule has 23 heavy (non-hydrogen) atoms. The minimum atomic E-state index is -0.615. The van der Waals surface area contributed by atoms with Crippen LogP contribution in [0.2, 0.25) is 0 Å². The molecule has 1 aromatic carbocycles. The van der Waals surface area contributed by atoms with Crippen molar-refractivity contribution >= 4 is 27.5 Å². The molecule has 1 heterocycles. The Morgan fingerprint density at radius 1 is 1.30 bits per heavy atom. The average molecular weight is 380 g/mol. The van der Waals surface area contributed by atoms with E-state index in [4.69, 9.17) is 0 Å². The molecule has 1 amide bonds. The number of pyridine rings is 1. The molecule has 0 saturated heterocycles. The van der Waals surface area contributed by atoms with Crippen LogP contribution in [0, 0.1) is 11.7 Å². The third-order valence-electron chi connectivity index (χ3n) is 3.10. The average Bonchev–Trinajstić information content (AvgIpc) is 2.54. The van der Waals surface area contributed by atoms with E-state index in [9.17, 15) is 14.3 Å². The summed E-state index contributed by atoms with van der Waals surface area (Å²) in [7, 11) is 0. The second-order valence-electron chi connectivity index (χ2n) is 5.08. The molecule has 0 unspecified atom stereocenters. The van der Waals surface area contributed by atoms with Crippen molar-refractivity contribution in [1.29, 1.82) is 0 Å². The van der Waals surface area contributed by atoms with E-state index >= 15 is 0 Å². The molecule has 0 bridgehead atoms. The summed E-state index contributed by atoms with van der Waals surface area (Å²) in [6, 6.07) is 5.71. The van der Waals surface area contributed by atoms with Gasteiger partial charge >= 0.3 is 0 Å². The number of phenolic OH excluding ortho intramolecular Hbond substituents is 1. The van der Waals surface area contributed by atoms with Gasteiger partial charge in [-0.15, -0.1) is 0 Å². The van der Waals surface area contributed by atoms with E-state index in [1.165, 1.54) is 36.7 Å². The second-order valence-corrected chi connectivity index (χ2v) is 5.94. The van der Waals surface area contributed by atoms with E-state index in [1.54, 1.807) is 13.8 Å². The van der Waals surface area contributed by atoms with Crippen LogP contribution in [-0.2, 0) is 0 Å². The lowest BCUT2D eigenvalue weighted by Gasteiger charge is -2.14. The van der Waals surface area contributed by atoms with Crippen LogP contribution in [0.1, 0.15) is 29.8 Å². The van der Waals surface area contributed by atoms with Crippen molar-refractivity contribution in [3.8, 4) is 5.75 Å². The molecule has 0 aliphatic heterocycles. The molecule has 120 valence electrons. The zero-order valence-corrected chi connectivity index (χ0v) is 14.1. The first-order valence-electron chi connectivity index (χ1n) is 6.87. The standard InChI is InChI=1S/C16H15BrFN3O2/c1-9(2)14(13-12(18)4-3-11(17)15(13)22)20-21-16(23)10-5-7-19-8-6-10/h3-9,22H,1-2H3,(H,21,23)/b20-14+. The summed E-state index contributed by atoms with van der Waals surface area (Å²) in [4.78, 5) is 15.9. The summed E-state index contributed by atoms with van der Waals surface area (Å²) < 4.78 is 14.5. The summed E-state index contributed by atoms with van der Waals surface area (Å²) >= 11 is 3.15. The van der Waals surface area contributed by atoms with Gasteiger partial charge < -0.3 is 5.11 Å². The Labute approximate surface area is 141 Å². The molecular weight excluding hydrogens is 365 g/mol. The number of benzene rings is 1. The Bertz CT molecular complexity index is 748. The number of aromatic nitrogens is 1. The second kappa shape index (κ2) is 7.32. The lowest BCUT2D eigenvalue weighted by Crippen LogP contribution is -2.23. The number of nitrogens with zero attached hydrogens (tertiary/aromatic N) is 2. The van der Waals surface area contributed by atoms with Crippen molar-refractivity contribution in [1.82, 2.24) is 10.4 Å². The summed E-state index contributed by atoms with van der Waals surface area (Å²) in [6.45, 7) is 3.58. The fraction of sp³-hybridized carbons (Fsp3) is 0.188. The highest BCUT2D eigenvalue weighted by atomic mass is 79.9. The van der Waals surface area contributed by atoms with Gasteiger partial charge in [-0.05, 0) is 46.1 Å². The lowest BCUT2D eigenvalue weighted by atomic mass is 9.99. The molecule has 0 saturated carbocycles. The minimum absolute atomic E-state index is 0.0376. The van der Waals surface area contributed by atoms with E-state index in [1.807, 2.05) is 0 Å². The van der Waals surface area contributed by atoms with Crippen molar-refractivity contribution in [3.05, 3.63) is 58.1 Å². The topological polar surface area (TPSA) is 74.6 Å². The number of nitrogens with one attached hydrogen (secondary N) is 1. The summed E-state index contributed by atoms with van der Waals surface area (Å²) in [5.74, 6) is -1.53. The fourth-order valence-electron chi connectivity index (χ4n) is 1.94. The Morgan fingerprint density at radius 2 is 1.96 bits per heavy atom. The number of phenols is 1. The smallest absolute Gasteiger partial charge is 0.271 e. The molecule has 2 rings (SSSR count). The minimum Gasteiger partial charge on any atom is -0.506 e. The van der Waals surface area contributed by atoms with E-state index in [-0.39, 0.29) is 22.9 Å². The monoisotopic (exact) mass is 379 g/mol. The van der Waals surface area contributed by atoms with Crippen LogP contribution in [0.15, 0.2) is 46.2 Å². The van der Waals surface area contributed by atoms with Gasteiger partial charge in [0.2, 0.25) is 0 Å². The van der Waals surface area contributed by atoms with Crippen LogP contribution in [0.5, 0.6) is 5.75 Å². The molecule has 0 aliphatic rings. The predicted molar refractivity (Wildman–Crippen MR) is 88.8 cm³/mol. The van der Waals surface area contributed by atoms with Crippen molar-refractivity contribution in [3.63, 3.8) is 0 Å². The summed E-state index contributed by atoms with van der Waals surface area (Å²) in [5.41, 5.74) is 2.96. The molecule has 0 radical (unpaired) electrons. The third-order valence-corrected chi connectivity index (χ3v) is 3.74. The Morgan fingerprint density at radius 3 is 2.57 bits per heavy atom. The molecular formula is C16H15BrFN3O2. The summed E-state index contributed by atoms with van der Waals surface area (Å²) in [6.07, 6.45) is 2.98. The largest absolute Gasteiger partial charge is 0.506 e. The maximum absolute atomic E-state index is 14.1. The van der Waals surface area contributed by atoms with Gasteiger partial charge in [0.1, 0.15) is 11.6 Å². The van der Waals surface area contributed by atoms with Gasteiger partial charge in [-0.2, -0.15) is 5.10 Å². The first-order chi connectivity index (χ1) is 10.9. The summed E-state index contributed by atoms with van der Waals surface area (Å²) in [5, 5.41) is 14.1. The maximum Gasteiger partial charge on any atom is 0.271 e. The molecule has 7 heteroatoms. The van der Waals surface area contributed by atoms with Crippen LogP contribution in [0.25, 0.3) is 0 Å². The zero-order chi connectivity index (χ0) is 17.0. The van der Waals surface area contributed by atoms with Gasteiger partial charge in [-0.3, -0.25) is 9.78 Å². The highest BCUT2D eigenvalue weighted by Gasteiger charge is 2.20. The van der Waals surface area contributed by atoms with E-state index in [0.717, 1.165) is 0 Å². The van der Waals surface area contributed by atoms with Crippen molar-refractivity contribution < 1.29 is 14.3 Å². The number of halogens is 2. The van der Waals surface area contributed by atoms with Gasteiger partial charge in [-0.25, -0.2) is 9.82 Å². The number of hydrogen-bond acceptors (Lipinski definition) is 4. The molecule has 2 N–H and O–H groups in total. The SMILES string of the molecule is CC(C)/C(=N\NC(=O)c1ccncc1)c1c(F)ccc(Br)c1O. The van der Waals surface area contributed by atoms with Gasteiger partial charge in [-0.1, -0.05) is 13.8 Å². The number of carbonyl (C=O) groups is 1. The van der Waals surface area contributed by atoms with Crippen LogP contribution in [0.4, 0.5) is 4.39 Å². The van der Waals surface area contributed by atoms with Gasteiger partial charge in [0.25, 0.3) is 5.91 Å². The number of hydrogen-bond donors (Lipinski definition) is 2. The molecule has 0 aliphatic carbocycles. The van der Waals surface area contributed by atoms with Crippen molar-refractivity contribution in [2.75, 3.05) is 0 Å². The number of aromatic hydroxyl groups is 1. The molecule has 5 nitrogen and oxygen atoms in total. The molecule has 2 aromatic rings. The Hall–Kier alpha value is -2.28. The normalized spacial score (nSPS) is 11.6. The van der Waals surface area contributed by atoms with Gasteiger partial charge in [0, 0.05) is 18.0 Å². The van der Waals surface area contributed by atoms with Crippen LogP contribution in [0.3, 0.4) is 0 Å². The highest BCUT2D eigenvalue weighted by Crippen LogP contribution is 2.31. The van der Waals surface area contributed by atoms with Crippen LogP contribution in [-0.4, -0.2) is 21.7 Å². The number of amides is 1. The number of carbonyl (C=O) groups excluding carboxylic acids is 1. The lowest BCUT2D eigenvalue weighted by molar-refractivity contribution is 0.0954. The first-order valence-corrected chi connectivity index (χ1v) is 7.66. The Balaban J connectivity index is 2.37. The highest BCUT2D eigenvalue weighted by molar-refractivity contribution is 9.10. The van der Waals surface area contributed by atoms with Gasteiger partial charge in [0.05, 0.1) is 15.7 Å². The quantitative estimate of drug-likeness (QED) is 0.630. The maximum atomic E-state index is 14.1. The zero-order valence-electron chi connectivity index (χ0n) is 12.5.